The van der Waals surface area contributed by atoms with E-state index >= 15 is 0 Å². The van der Waals surface area contributed by atoms with Crippen molar-refractivity contribution in [3.05, 3.63) is 41.4 Å². The van der Waals surface area contributed by atoms with Crippen LogP contribution in [0.25, 0.3) is 0 Å². The Labute approximate surface area is 162 Å². The van der Waals surface area contributed by atoms with E-state index in [1.807, 2.05) is 4.90 Å². The SMILES string of the molecule is O=C(c1ccc(CO)o1)N1CCC2(CC1)c1nc[nH]c1CCN2C(=O)C1CC1. The zero-order chi connectivity index (χ0) is 19.3. The molecule has 0 bridgehead atoms. The maximum Gasteiger partial charge on any atom is 0.289 e. The number of nitrogens with zero attached hydrogens (tertiary/aromatic N) is 3. The lowest BCUT2D eigenvalue weighted by molar-refractivity contribution is -0.143. The number of likely N-dealkylation sites (tertiary alicyclic amines) is 1. The number of piperidine rings is 1. The highest BCUT2D eigenvalue weighted by Crippen LogP contribution is 2.45. The van der Waals surface area contributed by atoms with Gasteiger partial charge in [0.05, 0.1) is 17.6 Å². The van der Waals surface area contributed by atoms with Crippen LogP contribution in [0.3, 0.4) is 0 Å². The highest BCUT2D eigenvalue weighted by atomic mass is 16.4. The average Bonchev–Trinajstić information content (AvgIpc) is 3.26. The van der Waals surface area contributed by atoms with E-state index in [4.69, 9.17) is 9.52 Å². The van der Waals surface area contributed by atoms with Gasteiger partial charge in [-0.25, -0.2) is 4.98 Å². The van der Waals surface area contributed by atoms with Gasteiger partial charge in [0, 0.05) is 37.7 Å². The average molecular weight is 384 g/mol. The number of imidazole rings is 1. The minimum atomic E-state index is -0.427. The van der Waals surface area contributed by atoms with Gasteiger partial charge in [0.1, 0.15) is 12.4 Å². The summed E-state index contributed by atoms with van der Waals surface area (Å²) in [6.07, 6.45) is 5.82. The van der Waals surface area contributed by atoms with Crippen LogP contribution in [0.5, 0.6) is 0 Å². The summed E-state index contributed by atoms with van der Waals surface area (Å²) < 4.78 is 5.40. The topological polar surface area (TPSA) is 103 Å². The van der Waals surface area contributed by atoms with E-state index in [1.54, 1.807) is 23.4 Å². The van der Waals surface area contributed by atoms with E-state index in [9.17, 15) is 9.59 Å². The van der Waals surface area contributed by atoms with Gasteiger partial charge in [-0.2, -0.15) is 0 Å². The highest BCUT2D eigenvalue weighted by Gasteiger charge is 2.51. The van der Waals surface area contributed by atoms with E-state index < -0.39 is 5.54 Å². The third-order valence-corrected chi connectivity index (χ3v) is 6.36. The van der Waals surface area contributed by atoms with E-state index in [0.717, 1.165) is 30.7 Å². The second-order valence-electron chi connectivity index (χ2n) is 7.99. The fourth-order valence-electron chi connectivity index (χ4n) is 4.67. The zero-order valence-corrected chi connectivity index (χ0v) is 15.7. The molecule has 1 saturated heterocycles. The molecule has 2 aliphatic heterocycles. The minimum absolute atomic E-state index is 0.164. The van der Waals surface area contributed by atoms with Gasteiger partial charge >= 0.3 is 0 Å². The maximum absolute atomic E-state index is 13.0. The molecule has 5 rings (SSSR count). The Morgan fingerprint density at radius 3 is 2.71 bits per heavy atom. The van der Waals surface area contributed by atoms with E-state index in [2.05, 4.69) is 9.97 Å². The number of hydrogen-bond donors (Lipinski definition) is 2. The quantitative estimate of drug-likeness (QED) is 0.833. The normalized spacial score (nSPS) is 21.0. The van der Waals surface area contributed by atoms with Crippen LogP contribution < -0.4 is 0 Å². The predicted molar refractivity (Wildman–Crippen MR) is 98.2 cm³/mol. The van der Waals surface area contributed by atoms with Crippen LogP contribution >= 0.6 is 0 Å². The highest BCUT2D eigenvalue weighted by molar-refractivity contribution is 5.91. The number of aromatic nitrogens is 2. The van der Waals surface area contributed by atoms with Crippen molar-refractivity contribution in [3.63, 3.8) is 0 Å². The monoisotopic (exact) mass is 384 g/mol. The lowest BCUT2D eigenvalue weighted by Gasteiger charge is -2.50. The Morgan fingerprint density at radius 1 is 1.25 bits per heavy atom. The van der Waals surface area contributed by atoms with Crippen molar-refractivity contribution >= 4 is 11.8 Å². The van der Waals surface area contributed by atoms with Gasteiger partial charge in [-0.15, -0.1) is 0 Å². The first-order valence-corrected chi connectivity index (χ1v) is 9.95. The number of hydrogen-bond acceptors (Lipinski definition) is 5. The lowest BCUT2D eigenvalue weighted by atomic mass is 9.78. The number of aliphatic hydroxyl groups is 1. The molecule has 28 heavy (non-hydrogen) atoms. The number of nitrogens with one attached hydrogen (secondary N) is 1. The van der Waals surface area contributed by atoms with E-state index in [0.29, 0.717) is 38.2 Å². The molecule has 2 fully saturated rings. The fraction of sp³-hybridized carbons (Fsp3) is 0.550. The summed E-state index contributed by atoms with van der Waals surface area (Å²) in [7, 11) is 0. The second-order valence-corrected chi connectivity index (χ2v) is 7.99. The molecule has 1 spiro atoms. The van der Waals surface area contributed by atoms with Gasteiger partial charge < -0.3 is 24.3 Å². The first-order valence-electron chi connectivity index (χ1n) is 9.95. The molecule has 0 radical (unpaired) electrons. The van der Waals surface area contributed by atoms with Crippen LogP contribution in [0.1, 0.15) is 53.4 Å². The molecule has 1 saturated carbocycles. The van der Waals surface area contributed by atoms with Crippen molar-refractivity contribution in [2.45, 2.75) is 44.2 Å². The molecule has 2 amide bonds. The smallest absolute Gasteiger partial charge is 0.289 e. The van der Waals surface area contributed by atoms with Gasteiger partial charge in [0.25, 0.3) is 5.91 Å². The standard InChI is InChI=1S/C20H24N4O4/c25-11-14-3-4-16(28-14)19(27)23-9-6-20(7-10-23)17-15(21-12-22-17)5-8-24(20)18(26)13-1-2-13/h3-4,12-13,25H,1-2,5-11H2,(H,21,22). The lowest BCUT2D eigenvalue weighted by Crippen LogP contribution is -2.59. The number of aromatic amines is 1. The number of furan rings is 1. The summed E-state index contributed by atoms with van der Waals surface area (Å²) >= 11 is 0. The first kappa shape index (κ1) is 17.5. The largest absolute Gasteiger partial charge is 0.453 e. The molecule has 2 aromatic heterocycles. The number of carbonyl (C=O) groups is 2. The molecule has 0 atom stereocenters. The molecular formula is C20H24N4O4. The summed E-state index contributed by atoms with van der Waals surface area (Å²) in [5.74, 6) is 0.860. The second kappa shape index (κ2) is 6.48. The first-order chi connectivity index (χ1) is 13.6. The molecule has 4 heterocycles. The Bertz CT molecular complexity index is 905. The fourth-order valence-corrected chi connectivity index (χ4v) is 4.67. The van der Waals surface area contributed by atoms with Gasteiger partial charge in [-0.3, -0.25) is 9.59 Å². The maximum atomic E-state index is 13.0. The van der Waals surface area contributed by atoms with Crippen molar-refractivity contribution in [1.82, 2.24) is 19.8 Å². The summed E-state index contributed by atoms with van der Waals surface area (Å²) in [5.41, 5.74) is 1.65. The van der Waals surface area contributed by atoms with Crippen molar-refractivity contribution in [2.75, 3.05) is 19.6 Å². The minimum Gasteiger partial charge on any atom is -0.453 e. The predicted octanol–water partition coefficient (Wildman–Crippen LogP) is 1.42. The number of amides is 2. The van der Waals surface area contributed by atoms with Crippen LogP contribution in [-0.4, -0.2) is 56.3 Å². The number of H-pyrrole nitrogens is 1. The number of carbonyl (C=O) groups excluding carboxylic acids is 2. The Morgan fingerprint density at radius 2 is 2.04 bits per heavy atom. The summed E-state index contributed by atoms with van der Waals surface area (Å²) in [6, 6.07) is 3.22. The molecule has 148 valence electrons. The third-order valence-electron chi connectivity index (χ3n) is 6.36. The molecule has 1 aliphatic carbocycles. The Balaban J connectivity index is 1.39. The molecule has 8 heteroatoms. The summed E-state index contributed by atoms with van der Waals surface area (Å²) in [5, 5.41) is 9.15. The van der Waals surface area contributed by atoms with Crippen molar-refractivity contribution < 1.29 is 19.1 Å². The Kier molecular flexibility index (Phi) is 4.04. The molecular weight excluding hydrogens is 360 g/mol. The molecule has 0 aromatic carbocycles. The molecule has 2 aromatic rings. The van der Waals surface area contributed by atoms with E-state index in [1.165, 1.54) is 0 Å². The third kappa shape index (κ3) is 2.66. The van der Waals surface area contributed by atoms with Crippen molar-refractivity contribution in [3.8, 4) is 0 Å². The molecule has 3 aliphatic rings. The Hall–Kier alpha value is -2.61. The number of fused-ring (bicyclic) bond motifs is 2. The van der Waals surface area contributed by atoms with Gasteiger partial charge in [0.2, 0.25) is 5.91 Å². The van der Waals surface area contributed by atoms with Gasteiger partial charge in [-0.1, -0.05) is 0 Å². The van der Waals surface area contributed by atoms with Gasteiger partial charge in [-0.05, 0) is 37.8 Å². The van der Waals surface area contributed by atoms with Crippen LogP contribution in [-0.2, 0) is 23.4 Å². The van der Waals surface area contributed by atoms with Crippen molar-refractivity contribution in [2.24, 2.45) is 5.92 Å². The van der Waals surface area contributed by atoms with Crippen LogP contribution in [0.4, 0.5) is 0 Å². The molecule has 2 N–H and O–H groups in total. The van der Waals surface area contributed by atoms with Crippen LogP contribution in [0.15, 0.2) is 22.9 Å². The molecule has 0 unspecified atom stereocenters. The summed E-state index contributed by atoms with van der Waals surface area (Å²) in [6.45, 7) is 1.55. The number of aliphatic hydroxyl groups excluding tert-OH is 1. The van der Waals surface area contributed by atoms with Gasteiger partial charge in [0.15, 0.2) is 5.76 Å². The summed E-state index contributed by atoms with van der Waals surface area (Å²) in [4.78, 5) is 37.4. The van der Waals surface area contributed by atoms with Crippen molar-refractivity contribution in [1.29, 1.82) is 0 Å². The molecule has 8 nitrogen and oxygen atoms in total. The zero-order valence-electron chi connectivity index (χ0n) is 15.7. The van der Waals surface area contributed by atoms with Crippen LogP contribution in [0, 0.1) is 5.92 Å². The van der Waals surface area contributed by atoms with Crippen LogP contribution in [0.2, 0.25) is 0 Å². The number of rotatable bonds is 3. The van der Waals surface area contributed by atoms with E-state index in [-0.39, 0.29) is 30.1 Å².